The summed E-state index contributed by atoms with van der Waals surface area (Å²) in [5.41, 5.74) is 7.05. The van der Waals surface area contributed by atoms with Gasteiger partial charge in [-0.2, -0.15) is 0 Å². The van der Waals surface area contributed by atoms with E-state index in [1.807, 2.05) is 48.5 Å². The fourth-order valence-electron chi connectivity index (χ4n) is 3.49. The zero-order valence-corrected chi connectivity index (χ0v) is 18.2. The number of ether oxygens (including phenoxy) is 3. The number of para-hydroxylation sites is 1. The van der Waals surface area contributed by atoms with Gasteiger partial charge in [-0.05, 0) is 48.7 Å². The van der Waals surface area contributed by atoms with Crippen LogP contribution >= 0.6 is 0 Å². The molecule has 1 unspecified atom stereocenters. The molecule has 0 saturated carbocycles. The Morgan fingerprint density at radius 2 is 1.64 bits per heavy atom. The van der Waals surface area contributed by atoms with Crippen molar-refractivity contribution in [1.82, 2.24) is 10.9 Å². The minimum atomic E-state index is -0.470. The minimum absolute atomic E-state index is 0.130. The molecule has 3 aromatic rings. The number of hydrogen-bond donors (Lipinski definition) is 2. The molecule has 1 saturated heterocycles. The molecule has 4 rings (SSSR count). The Labute approximate surface area is 192 Å². The largest absolute Gasteiger partial charge is 0.491 e. The number of hydrazine groups is 1. The summed E-state index contributed by atoms with van der Waals surface area (Å²) >= 11 is 0. The molecule has 170 valence electrons. The Morgan fingerprint density at radius 1 is 0.879 bits per heavy atom. The van der Waals surface area contributed by atoms with E-state index in [2.05, 4.69) is 10.9 Å². The molecule has 1 heterocycles. The van der Waals surface area contributed by atoms with Crippen LogP contribution in [0.5, 0.6) is 11.5 Å². The van der Waals surface area contributed by atoms with E-state index in [1.54, 1.807) is 30.3 Å². The van der Waals surface area contributed by atoms with Gasteiger partial charge in [0.05, 0.1) is 6.10 Å². The fourth-order valence-corrected chi connectivity index (χ4v) is 3.49. The third-order valence-electron chi connectivity index (χ3n) is 5.22. The summed E-state index contributed by atoms with van der Waals surface area (Å²) in [7, 11) is 0. The van der Waals surface area contributed by atoms with Crippen LogP contribution in [-0.2, 0) is 9.53 Å². The lowest BCUT2D eigenvalue weighted by Crippen LogP contribution is -2.43. The highest BCUT2D eigenvalue weighted by atomic mass is 16.5. The van der Waals surface area contributed by atoms with Crippen molar-refractivity contribution in [3.05, 3.63) is 84.4 Å². The van der Waals surface area contributed by atoms with Crippen molar-refractivity contribution in [3.8, 4) is 22.6 Å². The molecule has 0 bridgehead atoms. The van der Waals surface area contributed by atoms with E-state index in [0.717, 1.165) is 30.6 Å². The van der Waals surface area contributed by atoms with Crippen molar-refractivity contribution in [2.45, 2.75) is 18.9 Å². The van der Waals surface area contributed by atoms with Crippen LogP contribution in [0.25, 0.3) is 11.1 Å². The minimum Gasteiger partial charge on any atom is -0.491 e. The lowest BCUT2D eigenvalue weighted by molar-refractivity contribution is -0.123. The third-order valence-corrected chi connectivity index (χ3v) is 5.22. The summed E-state index contributed by atoms with van der Waals surface area (Å²) in [6, 6.07) is 24.0. The second-order valence-corrected chi connectivity index (χ2v) is 7.62. The third kappa shape index (κ3) is 6.33. The molecule has 7 heteroatoms. The molecule has 0 aromatic heterocycles. The van der Waals surface area contributed by atoms with Crippen LogP contribution in [0.15, 0.2) is 78.9 Å². The van der Waals surface area contributed by atoms with Crippen LogP contribution in [0, 0.1) is 0 Å². The molecule has 1 atom stereocenters. The highest BCUT2D eigenvalue weighted by Crippen LogP contribution is 2.29. The second kappa shape index (κ2) is 11.2. The van der Waals surface area contributed by atoms with E-state index in [-0.39, 0.29) is 12.7 Å². The first-order chi connectivity index (χ1) is 16.2. The smallest absolute Gasteiger partial charge is 0.276 e. The molecule has 0 spiro atoms. The first kappa shape index (κ1) is 22.4. The number of nitrogens with one attached hydrogen (secondary N) is 2. The highest BCUT2D eigenvalue weighted by molar-refractivity contribution is 5.95. The summed E-state index contributed by atoms with van der Waals surface area (Å²) in [6.07, 6.45) is 2.19. The van der Waals surface area contributed by atoms with Crippen molar-refractivity contribution in [1.29, 1.82) is 0 Å². The second-order valence-electron chi connectivity index (χ2n) is 7.62. The van der Waals surface area contributed by atoms with Crippen LogP contribution in [0.3, 0.4) is 0 Å². The molecule has 2 amide bonds. The molecule has 2 N–H and O–H groups in total. The van der Waals surface area contributed by atoms with Gasteiger partial charge in [0.1, 0.15) is 18.1 Å². The predicted octanol–water partition coefficient (Wildman–Crippen LogP) is 3.75. The van der Waals surface area contributed by atoms with E-state index in [0.29, 0.717) is 23.7 Å². The summed E-state index contributed by atoms with van der Waals surface area (Å²) in [5, 5.41) is 0. The van der Waals surface area contributed by atoms with Gasteiger partial charge in [0, 0.05) is 17.7 Å². The average Bonchev–Trinajstić information content (AvgIpc) is 3.39. The maximum Gasteiger partial charge on any atom is 0.276 e. The van der Waals surface area contributed by atoms with Gasteiger partial charge in [0.25, 0.3) is 11.8 Å². The molecular weight excluding hydrogens is 420 g/mol. The van der Waals surface area contributed by atoms with Crippen LogP contribution in [0.1, 0.15) is 23.2 Å². The van der Waals surface area contributed by atoms with E-state index in [4.69, 9.17) is 14.2 Å². The SMILES string of the molecule is O=C(COc1ccccc1-c1ccccc1)NNC(=O)c1ccc(OCC2CCCO2)cc1. The Balaban J connectivity index is 1.23. The molecule has 1 aliphatic heterocycles. The lowest BCUT2D eigenvalue weighted by Gasteiger charge is -2.13. The van der Waals surface area contributed by atoms with Crippen molar-refractivity contribution in [3.63, 3.8) is 0 Å². The van der Waals surface area contributed by atoms with Gasteiger partial charge < -0.3 is 14.2 Å². The summed E-state index contributed by atoms with van der Waals surface area (Å²) < 4.78 is 16.9. The number of carbonyl (C=O) groups is 2. The quantitative estimate of drug-likeness (QED) is 0.515. The zero-order chi connectivity index (χ0) is 22.9. The van der Waals surface area contributed by atoms with Crippen molar-refractivity contribution in [2.24, 2.45) is 0 Å². The van der Waals surface area contributed by atoms with Crippen LogP contribution in [0.2, 0.25) is 0 Å². The maximum absolute atomic E-state index is 12.3. The summed E-state index contributed by atoms with van der Waals surface area (Å²) in [5.74, 6) is 0.349. The number of rotatable bonds is 8. The lowest BCUT2D eigenvalue weighted by atomic mass is 10.1. The highest BCUT2D eigenvalue weighted by Gasteiger charge is 2.16. The fraction of sp³-hybridized carbons (Fsp3) is 0.231. The van der Waals surface area contributed by atoms with Crippen LogP contribution in [0.4, 0.5) is 0 Å². The normalized spacial score (nSPS) is 15.0. The van der Waals surface area contributed by atoms with Crippen molar-refractivity contribution in [2.75, 3.05) is 19.8 Å². The molecule has 7 nitrogen and oxygen atoms in total. The molecular formula is C26H26N2O5. The Hall–Kier alpha value is -3.84. The van der Waals surface area contributed by atoms with Crippen molar-refractivity contribution >= 4 is 11.8 Å². The molecule has 1 fully saturated rings. The van der Waals surface area contributed by atoms with E-state index < -0.39 is 11.8 Å². The topological polar surface area (TPSA) is 85.9 Å². The number of benzene rings is 3. The Morgan fingerprint density at radius 3 is 2.39 bits per heavy atom. The Bertz CT molecular complexity index is 1060. The number of carbonyl (C=O) groups excluding carboxylic acids is 2. The summed E-state index contributed by atoms with van der Waals surface area (Å²) in [6.45, 7) is 1.04. The van der Waals surface area contributed by atoms with Gasteiger partial charge in [0.15, 0.2) is 6.61 Å². The van der Waals surface area contributed by atoms with Gasteiger partial charge >= 0.3 is 0 Å². The van der Waals surface area contributed by atoms with Crippen LogP contribution < -0.4 is 20.3 Å². The predicted molar refractivity (Wildman–Crippen MR) is 124 cm³/mol. The first-order valence-electron chi connectivity index (χ1n) is 10.9. The molecule has 0 radical (unpaired) electrons. The monoisotopic (exact) mass is 446 g/mol. The Kier molecular flexibility index (Phi) is 7.56. The zero-order valence-electron chi connectivity index (χ0n) is 18.2. The van der Waals surface area contributed by atoms with Crippen LogP contribution in [-0.4, -0.2) is 37.7 Å². The van der Waals surface area contributed by atoms with Gasteiger partial charge in [0.2, 0.25) is 0 Å². The van der Waals surface area contributed by atoms with E-state index in [1.165, 1.54) is 0 Å². The van der Waals surface area contributed by atoms with Crippen molar-refractivity contribution < 1.29 is 23.8 Å². The van der Waals surface area contributed by atoms with Gasteiger partial charge in [-0.1, -0.05) is 48.5 Å². The molecule has 33 heavy (non-hydrogen) atoms. The van der Waals surface area contributed by atoms with Gasteiger partial charge in [-0.3, -0.25) is 20.4 Å². The molecule has 3 aromatic carbocycles. The molecule has 0 aliphatic carbocycles. The van der Waals surface area contributed by atoms with Gasteiger partial charge in [-0.25, -0.2) is 0 Å². The maximum atomic E-state index is 12.3. The summed E-state index contributed by atoms with van der Waals surface area (Å²) in [4.78, 5) is 24.5. The van der Waals surface area contributed by atoms with Gasteiger partial charge in [-0.15, -0.1) is 0 Å². The standard InChI is InChI=1S/C26H26N2O5/c29-25(18-33-24-11-5-4-10-23(24)19-7-2-1-3-8-19)27-28-26(30)20-12-14-21(15-13-20)32-17-22-9-6-16-31-22/h1-5,7-8,10-15,22H,6,9,16-18H2,(H,27,29)(H,28,30). The average molecular weight is 447 g/mol. The molecule has 1 aliphatic rings. The number of hydrogen-bond acceptors (Lipinski definition) is 5. The number of amides is 2. The van der Waals surface area contributed by atoms with E-state index in [9.17, 15) is 9.59 Å². The first-order valence-corrected chi connectivity index (χ1v) is 10.9. The van der Waals surface area contributed by atoms with E-state index >= 15 is 0 Å².